The van der Waals surface area contributed by atoms with Gasteiger partial charge in [0, 0.05) is 6.42 Å². The van der Waals surface area contributed by atoms with E-state index in [1.807, 2.05) is 84.9 Å². The third-order valence-electron chi connectivity index (χ3n) is 8.90. The molecule has 204 valence electrons. The first kappa shape index (κ1) is 27.1. The molecule has 0 amide bonds. The number of nitrogens with zero attached hydrogens (tertiary/aromatic N) is 3. The largest absolute Gasteiger partial charge is 0.489 e. The van der Waals surface area contributed by atoms with Crippen molar-refractivity contribution in [2.45, 2.75) is 55.7 Å². The van der Waals surface area contributed by atoms with Gasteiger partial charge in [-0.2, -0.15) is 15.3 Å². The van der Waals surface area contributed by atoms with Gasteiger partial charge in [-0.1, -0.05) is 72.8 Å². The van der Waals surface area contributed by atoms with E-state index < -0.39 is 22.4 Å². The number of hydrogen-bond acceptors (Lipinski definition) is 9. The van der Waals surface area contributed by atoms with Crippen molar-refractivity contribution < 1.29 is 14.3 Å². The first-order chi connectivity index (χ1) is 19.5. The van der Waals surface area contributed by atoms with Gasteiger partial charge < -0.3 is 15.4 Å². The van der Waals surface area contributed by atoms with Crippen molar-refractivity contribution >= 4 is 17.8 Å². The summed E-state index contributed by atoms with van der Waals surface area (Å²) in [6.07, 6.45) is 2.20. The molecule has 2 fully saturated rings. The molecule has 2 aliphatic rings. The quantitative estimate of drug-likeness (QED) is 0.131. The minimum Gasteiger partial charge on any atom is -0.489 e. The molecule has 0 heterocycles. The Kier molecular flexibility index (Phi) is 7.38. The number of nitrogens with one attached hydrogen (secondary N) is 2. The van der Waals surface area contributed by atoms with Crippen LogP contribution in [0.5, 0.6) is 5.75 Å². The average molecular weight is 537 g/mol. The third kappa shape index (κ3) is 4.31. The topological polar surface area (TPSA) is 154 Å². The molecule has 4 N–H and O–H groups in total. The second kappa shape index (κ2) is 10.9. The van der Waals surface area contributed by atoms with Crippen molar-refractivity contribution in [2.75, 3.05) is 0 Å². The molecule has 0 bridgehead atoms. The Morgan fingerprint density at radius 2 is 1.50 bits per heavy atom. The van der Waals surface area contributed by atoms with Crippen LogP contribution < -0.4 is 10.6 Å². The highest BCUT2D eigenvalue weighted by atomic mass is 16.5. The number of ether oxygens (including phenoxy) is 1. The van der Waals surface area contributed by atoms with Crippen LogP contribution in [0.4, 0.5) is 0 Å². The van der Waals surface area contributed by atoms with Gasteiger partial charge in [0.2, 0.25) is 0 Å². The molecular formula is C31H32N6O3. The van der Waals surface area contributed by atoms with E-state index in [0.29, 0.717) is 38.0 Å². The zero-order valence-electron chi connectivity index (χ0n) is 22.1. The standard InChI is InChI=1S/C31H32N6O3/c32-35-27-19-31(37-34,24-9-5-2-6-10-24)29(28(27)39)15-17-30(36-33,18-16-29)26(20-38)23-11-13-25(14-12-23)40-21-22-7-3-1-4-8-22/h1-14,20,26,33-34H,15-19,21,32H2. The molecule has 1 spiro atoms. The lowest BCUT2D eigenvalue weighted by atomic mass is 9.55. The number of aldehydes is 1. The highest BCUT2D eigenvalue weighted by Crippen LogP contribution is 2.62. The van der Waals surface area contributed by atoms with E-state index in [1.165, 1.54) is 0 Å². The smallest absolute Gasteiger partial charge is 0.187 e. The van der Waals surface area contributed by atoms with Crippen LogP contribution in [0, 0.1) is 16.5 Å². The zero-order valence-corrected chi connectivity index (χ0v) is 22.1. The van der Waals surface area contributed by atoms with Crippen LogP contribution in [0.1, 0.15) is 54.7 Å². The minimum atomic E-state index is -1.15. The summed E-state index contributed by atoms with van der Waals surface area (Å²) in [5.41, 5.74) is 16.0. The van der Waals surface area contributed by atoms with E-state index in [9.17, 15) is 9.59 Å². The van der Waals surface area contributed by atoms with Crippen molar-refractivity contribution in [3.63, 3.8) is 0 Å². The van der Waals surface area contributed by atoms with Gasteiger partial charge in [-0.05, 0) is 54.5 Å². The van der Waals surface area contributed by atoms with Crippen molar-refractivity contribution in [3.05, 3.63) is 102 Å². The van der Waals surface area contributed by atoms with Crippen molar-refractivity contribution in [1.29, 1.82) is 11.1 Å². The fourth-order valence-electron chi connectivity index (χ4n) is 6.63. The Bertz CT molecular complexity index is 1420. The number of rotatable bonds is 9. The number of benzene rings is 3. The highest BCUT2D eigenvalue weighted by molar-refractivity contribution is 6.44. The number of nitrogens with two attached hydrogens (primary N) is 1. The van der Waals surface area contributed by atoms with Crippen LogP contribution in [0.25, 0.3) is 0 Å². The molecule has 0 aromatic heterocycles. The maximum absolute atomic E-state index is 13.8. The zero-order chi connectivity index (χ0) is 28.2. The van der Waals surface area contributed by atoms with Crippen LogP contribution in [-0.2, 0) is 21.7 Å². The molecule has 0 radical (unpaired) electrons. The fourth-order valence-corrected chi connectivity index (χ4v) is 6.63. The Morgan fingerprint density at radius 3 is 2.05 bits per heavy atom. The lowest BCUT2D eigenvalue weighted by Crippen LogP contribution is -2.51. The molecule has 2 saturated carbocycles. The van der Waals surface area contributed by atoms with Crippen molar-refractivity contribution in [3.8, 4) is 5.75 Å². The van der Waals surface area contributed by atoms with Gasteiger partial charge in [-0.25, -0.2) is 11.1 Å². The van der Waals surface area contributed by atoms with Crippen LogP contribution in [0.3, 0.4) is 0 Å². The first-order valence-electron chi connectivity index (χ1n) is 13.3. The molecule has 2 aliphatic carbocycles. The van der Waals surface area contributed by atoms with Crippen LogP contribution in [0.2, 0.25) is 0 Å². The SMILES string of the molecule is N=NC1(C(C=O)c2ccc(OCc3ccccc3)cc2)CCC2(CC1)C(=O)C(=NN)CC2(N=N)c1ccccc1. The molecule has 0 saturated heterocycles. The summed E-state index contributed by atoms with van der Waals surface area (Å²) in [5.74, 6) is 5.40. The molecular weight excluding hydrogens is 504 g/mol. The van der Waals surface area contributed by atoms with Gasteiger partial charge in [0.1, 0.15) is 29.9 Å². The monoisotopic (exact) mass is 536 g/mol. The van der Waals surface area contributed by atoms with Crippen LogP contribution in [0.15, 0.2) is 100 Å². The number of carbonyl (C=O) groups excluding carboxylic acids is 2. The van der Waals surface area contributed by atoms with Crippen molar-refractivity contribution in [2.24, 2.45) is 26.6 Å². The molecule has 2 atom stereocenters. The van der Waals surface area contributed by atoms with Crippen LogP contribution >= 0.6 is 0 Å². The van der Waals surface area contributed by atoms with Crippen LogP contribution in [-0.4, -0.2) is 23.3 Å². The molecule has 3 aromatic rings. The van der Waals surface area contributed by atoms with E-state index in [4.69, 9.17) is 21.6 Å². The molecule has 0 aliphatic heterocycles. The summed E-state index contributed by atoms with van der Waals surface area (Å²) < 4.78 is 5.89. The predicted octanol–water partition coefficient (Wildman–Crippen LogP) is 6.09. The minimum absolute atomic E-state index is 0.141. The molecule has 2 unspecified atom stereocenters. The van der Waals surface area contributed by atoms with Gasteiger partial charge in [0.15, 0.2) is 5.78 Å². The predicted molar refractivity (Wildman–Crippen MR) is 149 cm³/mol. The van der Waals surface area contributed by atoms with E-state index in [1.54, 1.807) is 0 Å². The maximum atomic E-state index is 13.8. The lowest BCUT2D eigenvalue weighted by molar-refractivity contribution is -0.127. The Hall–Kier alpha value is -4.53. The van der Waals surface area contributed by atoms with E-state index in [2.05, 4.69) is 15.3 Å². The summed E-state index contributed by atoms with van der Waals surface area (Å²) in [5, 5.41) is 11.9. The average Bonchev–Trinajstić information content (AvgIpc) is 3.26. The van der Waals surface area contributed by atoms with Gasteiger partial charge in [0.05, 0.1) is 16.9 Å². The second-order valence-corrected chi connectivity index (χ2v) is 10.7. The molecule has 3 aromatic carbocycles. The molecule has 5 rings (SSSR count). The Labute approximate surface area is 232 Å². The number of hydrogen-bond donors (Lipinski definition) is 3. The van der Waals surface area contributed by atoms with Gasteiger partial charge in [0.25, 0.3) is 0 Å². The van der Waals surface area contributed by atoms with E-state index in [-0.39, 0.29) is 17.9 Å². The van der Waals surface area contributed by atoms with E-state index >= 15 is 0 Å². The first-order valence-corrected chi connectivity index (χ1v) is 13.3. The van der Waals surface area contributed by atoms with Gasteiger partial charge in [-0.15, -0.1) is 0 Å². The summed E-state index contributed by atoms with van der Waals surface area (Å²) in [6.45, 7) is 0.428. The Balaban J connectivity index is 1.41. The molecule has 40 heavy (non-hydrogen) atoms. The summed E-state index contributed by atoms with van der Waals surface area (Å²) in [6, 6.07) is 26.5. The number of Topliss-reactive ketones (excluding diaryl/α,β-unsaturated/α-hetero) is 1. The van der Waals surface area contributed by atoms with Gasteiger partial charge >= 0.3 is 0 Å². The lowest BCUT2D eigenvalue weighted by Gasteiger charge is -2.48. The van der Waals surface area contributed by atoms with E-state index in [0.717, 1.165) is 23.0 Å². The fraction of sp³-hybridized carbons (Fsp3) is 0.323. The summed E-state index contributed by atoms with van der Waals surface area (Å²) >= 11 is 0. The number of hydrazone groups is 1. The normalized spacial score (nSPS) is 27.8. The van der Waals surface area contributed by atoms with Gasteiger partial charge in [-0.3, -0.25) is 4.79 Å². The summed E-state index contributed by atoms with van der Waals surface area (Å²) in [7, 11) is 0. The maximum Gasteiger partial charge on any atom is 0.187 e. The molecule has 9 nitrogen and oxygen atoms in total. The number of carbonyl (C=O) groups is 2. The van der Waals surface area contributed by atoms with Crippen molar-refractivity contribution in [1.82, 2.24) is 0 Å². The number of ketones is 1. The summed E-state index contributed by atoms with van der Waals surface area (Å²) in [4.78, 5) is 26.3. The highest BCUT2D eigenvalue weighted by Gasteiger charge is 2.67. The molecule has 9 heteroatoms. The second-order valence-electron chi connectivity index (χ2n) is 10.7. The Morgan fingerprint density at radius 1 is 0.875 bits per heavy atom. The third-order valence-corrected chi connectivity index (χ3v) is 8.90.